The normalized spacial score (nSPS) is 12.1. The van der Waals surface area contributed by atoms with E-state index in [1.165, 1.54) is 9.75 Å². The standard InChI is InChI=1S/C22H20N4O2S.C13H10ClN3S/c1-2-15-12-16-20(24-13-14-6-7-18-19(11-14)28-10-9-27-18)25-21(26-22(16)29-15)17-5-3-4-8-23-17;1-2-8-7-9-11(14)16-12(17-13(9)18-8)10-5-3-4-6-15-10/h3-8,11-12H,2,9-10,13H2,1H3,(H,24,25,26);3-7H,2H2,1H3. The molecule has 0 atom stereocenters. The minimum absolute atomic E-state index is 0.497. The molecule has 12 heteroatoms. The zero-order valence-electron chi connectivity index (χ0n) is 25.7. The van der Waals surface area contributed by atoms with Gasteiger partial charge in [-0.05, 0) is 66.9 Å². The number of rotatable bonds is 7. The van der Waals surface area contributed by atoms with Gasteiger partial charge < -0.3 is 14.8 Å². The maximum absolute atomic E-state index is 6.21. The molecule has 1 aromatic carbocycles. The zero-order valence-corrected chi connectivity index (χ0v) is 28.1. The van der Waals surface area contributed by atoms with Crippen LogP contribution >= 0.6 is 34.3 Å². The van der Waals surface area contributed by atoms with Crippen LogP contribution in [0.1, 0.15) is 29.2 Å². The molecular weight excluding hydrogens is 650 g/mol. The molecule has 47 heavy (non-hydrogen) atoms. The average Bonchev–Trinajstić information content (AvgIpc) is 3.76. The summed E-state index contributed by atoms with van der Waals surface area (Å²) in [4.78, 5) is 31.5. The van der Waals surface area contributed by atoms with E-state index in [2.05, 4.69) is 51.2 Å². The number of fused-ring (bicyclic) bond motifs is 3. The zero-order chi connectivity index (χ0) is 32.2. The summed E-state index contributed by atoms with van der Waals surface area (Å²) in [6, 6.07) is 21.7. The maximum Gasteiger partial charge on any atom is 0.181 e. The fourth-order valence-electron chi connectivity index (χ4n) is 4.99. The van der Waals surface area contributed by atoms with Gasteiger partial charge in [0, 0.05) is 34.1 Å². The van der Waals surface area contributed by atoms with Crippen molar-refractivity contribution in [3.8, 4) is 34.5 Å². The van der Waals surface area contributed by atoms with Gasteiger partial charge in [0.05, 0.1) is 5.39 Å². The van der Waals surface area contributed by atoms with Gasteiger partial charge >= 0.3 is 0 Å². The molecule has 1 N–H and O–H groups in total. The number of hydrogen-bond donors (Lipinski definition) is 1. The number of nitrogens with zero attached hydrogens (tertiary/aromatic N) is 6. The van der Waals surface area contributed by atoms with Crippen LogP contribution in [0.3, 0.4) is 0 Å². The quantitative estimate of drug-likeness (QED) is 0.166. The number of anilines is 1. The van der Waals surface area contributed by atoms with Crippen molar-refractivity contribution in [2.45, 2.75) is 33.2 Å². The van der Waals surface area contributed by atoms with Crippen molar-refractivity contribution in [2.75, 3.05) is 18.5 Å². The van der Waals surface area contributed by atoms with E-state index >= 15 is 0 Å². The number of halogens is 1. The highest BCUT2D eigenvalue weighted by Crippen LogP contribution is 2.34. The van der Waals surface area contributed by atoms with Crippen molar-refractivity contribution in [1.82, 2.24) is 29.9 Å². The van der Waals surface area contributed by atoms with E-state index in [1.54, 1.807) is 35.1 Å². The van der Waals surface area contributed by atoms with Crippen LogP contribution in [-0.2, 0) is 19.4 Å². The molecule has 0 amide bonds. The molecule has 8 rings (SSSR count). The molecule has 9 nitrogen and oxygen atoms in total. The van der Waals surface area contributed by atoms with Gasteiger partial charge in [-0.3, -0.25) is 9.97 Å². The lowest BCUT2D eigenvalue weighted by atomic mass is 10.2. The van der Waals surface area contributed by atoms with E-state index in [4.69, 9.17) is 31.0 Å². The first-order chi connectivity index (χ1) is 23.1. The molecule has 0 radical (unpaired) electrons. The molecule has 0 saturated heterocycles. The molecule has 0 spiro atoms. The van der Waals surface area contributed by atoms with E-state index in [0.717, 1.165) is 67.5 Å². The minimum Gasteiger partial charge on any atom is -0.486 e. The SMILES string of the molecule is CCc1cc2c(Cl)nc(-c3ccccn3)nc2s1.CCc1cc2c(NCc3ccc4c(c3)OCCO4)nc(-c3ccccn3)nc2s1. The van der Waals surface area contributed by atoms with Crippen molar-refractivity contribution < 1.29 is 9.47 Å². The maximum atomic E-state index is 6.21. The summed E-state index contributed by atoms with van der Waals surface area (Å²) in [5, 5.41) is 5.96. The molecule has 0 bridgehead atoms. The molecule has 1 aliphatic heterocycles. The second kappa shape index (κ2) is 14.0. The van der Waals surface area contributed by atoms with E-state index in [0.29, 0.717) is 36.6 Å². The monoisotopic (exact) mass is 679 g/mol. The summed E-state index contributed by atoms with van der Waals surface area (Å²) in [7, 11) is 0. The topological polar surface area (TPSA) is 108 Å². The molecule has 0 saturated carbocycles. The Labute approximate surface area is 284 Å². The number of aromatic nitrogens is 6. The number of pyridine rings is 2. The summed E-state index contributed by atoms with van der Waals surface area (Å²) < 4.78 is 11.3. The van der Waals surface area contributed by atoms with Gasteiger partial charge in [0.25, 0.3) is 0 Å². The second-order valence-corrected chi connectivity index (χ2v) is 13.2. The number of ether oxygens (including phenoxy) is 2. The smallest absolute Gasteiger partial charge is 0.181 e. The van der Waals surface area contributed by atoms with Gasteiger partial charge in [-0.15, -0.1) is 22.7 Å². The van der Waals surface area contributed by atoms with Crippen molar-refractivity contribution >= 4 is 60.5 Å². The summed E-state index contributed by atoms with van der Waals surface area (Å²) in [5.74, 6) is 3.63. The molecule has 6 aromatic heterocycles. The fourth-order valence-corrected chi connectivity index (χ4v) is 7.21. The number of thiophene rings is 2. The first kappa shape index (κ1) is 30.9. The van der Waals surface area contributed by atoms with E-state index < -0.39 is 0 Å². The second-order valence-electron chi connectivity index (χ2n) is 10.6. The lowest BCUT2D eigenvalue weighted by molar-refractivity contribution is 0.171. The Balaban J connectivity index is 0.000000167. The van der Waals surface area contributed by atoms with E-state index in [-0.39, 0.29) is 0 Å². The van der Waals surface area contributed by atoms with Crippen LogP contribution in [0.5, 0.6) is 11.5 Å². The van der Waals surface area contributed by atoms with Crippen molar-refractivity contribution in [1.29, 1.82) is 0 Å². The highest BCUT2D eigenvalue weighted by Gasteiger charge is 2.15. The van der Waals surface area contributed by atoms with Gasteiger partial charge in [-0.25, -0.2) is 19.9 Å². The molecule has 1 aliphatic rings. The Morgan fingerprint density at radius 1 is 0.702 bits per heavy atom. The number of aryl methyl sites for hydroxylation is 2. The third-order valence-corrected chi connectivity index (χ3v) is 10.0. The highest BCUT2D eigenvalue weighted by atomic mass is 35.5. The van der Waals surface area contributed by atoms with Crippen LogP contribution in [0, 0.1) is 0 Å². The summed E-state index contributed by atoms with van der Waals surface area (Å²) in [6.45, 7) is 6.07. The fraction of sp³-hybridized carbons (Fsp3) is 0.200. The van der Waals surface area contributed by atoms with Gasteiger partial charge in [0.15, 0.2) is 23.1 Å². The van der Waals surface area contributed by atoms with Crippen LogP contribution < -0.4 is 14.8 Å². The molecule has 0 fully saturated rings. The Kier molecular flexibility index (Phi) is 9.18. The van der Waals surface area contributed by atoms with Gasteiger partial charge in [0.2, 0.25) is 0 Å². The van der Waals surface area contributed by atoms with Crippen LogP contribution in [0.4, 0.5) is 5.82 Å². The lowest BCUT2D eigenvalue weighted by Gasteiger charge is -2.19. The summed E-state index contributed by atoms with van der Waals surface area (Å²) in [5.41, 5.74) is 2.61. The molecule has 236 valence electrons. The van der Waals surface area contributed by atoms with Gasteiger partial charge in [0.1, 0.15) is 45.2 Å². The summed E-state index contributed by atoms with van der Waals surface area (Å²) >= 11 is 9.57. The number of nitrogens with one attached hydrogen (secondary N) is 1. The molecule has 7 heterocycles. The molecule has 7 aromatic rings. The average molecular weight is 680 g/mol. The van der Waals surface area contributed by atoms with E-state index in [1.807, 2.05) is 54.6 Å². The van der Waals surface area contributed by atoms with Crippen LogP contribution in [0.25, 0.3) is 43.5 Å². The third kappa shape index (κ3) is 6.87. The largest absolute Gasteiger partial charge is 0.486 e. The van der Waals surface area contributed by atoms with Crippen LogP contribution in [0.15, 0.2) is 79.1 Å². The van der Waals surface area contributed by atoms with Crippen molar-refractivity contribution in [2.24, 2.45) is 0 Å². The number of hydrogen-bond acceptors (Lipinski definition) is 11. The first-order valence-electron chi connectivity index (χ1n) is 15.3. The number of benzene rings is 1. The Morgan fingerprint density at radius 2 is 1.32 bits per heavy atom. The molecule has 0 unspecified atom stereocenters. The Morgan fingerprint density at radius 3 is 1.96 bits per heavy atom. The minimum atomic E-state index is 0.497. The third-order valence-electron chi connectivity index (χ3n) is 7.39. The van der Waals surface area contributed by atoms with E-state index in [9.17, 15) is 0 Å². The van der Waals surface area contributed by atoms with Crippen LogP contribution in [-0.4, -0.2) is 43.1 Å². The predicted molar refractivity (Wildman–Crippen MR) is 190 cm³/mol. The van der Waals surface area contributed by atoms with Gasteiger partial charge in [-0.2, -0.15) is 0 Å². The Hall–Kier alpha value is -4.71. The molecular formula is C35H30ClN7O2S2. The predicted octanol–water partition coefficient (Wildman–Crippen LogP) is 8.67. The molecule has 0 aliphatic carbocycles. The Bertz CT molecular complexity index is 2160. The summed E-state index contributed by atoms with van der Waals surface area (Å²) in [6.07, 6.45) is 5.44. The van der Waals surface area contributed by atoms with Crippen molar-refractivity contribution in [3.63, 3.8) is 0 Å². The van der Waals surface area contributed by atoms with Crippen molar-refractivity contribution in [3.05, 3.63) is 99.6 Å². The van der Waals surface area contributed by atoms with Gasteiger partial charge in [-0.1, -0.05) is 43.6 Å². The first-order valence-corrected chi connectivity index (χ1v) is 17.3. The highest BCUT2D eigenvalue weighted by molar-refractivity contribution is 7.19. The lowest BCUT2D eigenvalue weighted by Crippen LogP contribution is -2.15. The van der Waals surface area contributed by atoms with Crippen LogP contribution in [0.2, 0.25) is 5.15 Å².